The van der Waals surface area contributed by atoms with Gasteiger partial charge >= 0.3 is 6.08 Å². The Labute approximate surface area is 155 Å². The first-order valence-corrected chi connectivity index (χ1v) is 8.16. The fraction of sp³-hybridized carbons (Fsp3) is 0.158. The van der Waals surface area contributed by atoms with Gasteiger partial charge in [-0.3, -0.25) is 9.59 Å². The Kier molecular flexibility index (Phi) is 5.46. The van der Waals surface area contributed by atoms with E-state index in [1.165, 1.54) is 4.90 Å². The quantitative estimate of drug-likeness (QED) is 0.720. The molecule has 27 heavy (non-hydrogen) atoms. The second kappa shape index (κ2) is 8.13. The number of benzene rings is 2. The smallest absolute Gasteiger partial charge is 0.415 e. The van der Waals surface area contributed by atoms with Crippen molar-refractivity contribution in [3.63, 3.8) is 0 Å². The number of carbonyl (C=O) groups excluding carboxylic acids is 2. The maximum atomic E-state index is 12.1. The van der Waals surface area contributed by atoms with Crippen LogP contribution < -0.4 is 10.1 Å². The van der Waals surface area contributed by atoms with Gasteiger partial charge in [0.15, 0.2) is 6.61 Å². The Balaban J connectivity index is 1.57. The summed E-state index contributed by atoms with van der Waals surface area (Å²) < 4.78 is 10.6. The molecule has 3 rings (SSSR count). The summed E-state index contributed by atoms with van der Waals surface area (Å²) in [7, 11) is 3.32. The van der Waals surface area contributed by atoms with Crippen molar-refractivity contribution in [2.75, 3.05) is 26.0 Å². The van der Waals surface area contributed by atoms with Crippen LogP contribution in [0.15, 0.2) is 59.0 Å². The number of nitrogens with zero attached hydrogens (tertiary/aromatic N) is 3. The average Bonchev–Trinajstić information content (AvgIpc) is 3.16. The maximum absolute atomic E-state index is 12.1. The van der Waals surface area contributed by atoms with Gasteiger partial charge in [-0.1, -0.05) is 29.4 Å². The highest BCUT2D eigenvalue weighted by atomic mass is 16.6. The molecule has 2 aromatic carbocycles. The van der Waals surface area contributed by atoms with Gasteiger partial charge in [-0.05, 0) is 30.3 Å². The van der Waals surface area contributed by atoms with E-state index in [1.54, 1.807) is 38.4 Å². The lowest BCUT2D eigenvalue weighted by Gasteiger charge is -2.11. The molecule has 0 saturated heterocycles. The van der Waals surface area contributed by atoms with Crippen LogP contribution in [0.3, 0.4) is 0 Å². The van der Waals surface area contributed by atoms with Gasteiger partial charge in [0.25, 0.3) is 17.7 Å². The monoisotopic (exact) mass is 366 g/mol. The zero-order valence-electron chi connectivity index (χ0n) is 14.9. The molecule has 138 valence electrons. The van der Waals surface area contributed by atoms with E-state index in [2.05, 4.69) is 15.5 Å². The first kappa shape index (κ1) is 18.1. The van der Waals surface area contributed by atoms with Crippen LogP contribution in [-0.2, 0) is 4.79 Å². The molecule has 8 nitrogen and oxygen atoms in total. The molecule has 0 saturated carbocycles. The molecule has 2 amide bonds. The number of nitrogens with one attached hydrogen (secondary N) is 1. The third-order valence-electron chi connectivity index (χ3n) is 3.55. The molecule has 8 heteroatoms. The number of ether oxygens (including phenoxy) is 1. The molecular weight excluding hydrogens is 348 g/mol. The summed E-state index contributed by atoms with van der Waals surface area (Å²) in [4.78, 5) is 25.5. The van der Waals surface area contributed by atoms with Crippen LogP contribution in [0.5, 0.6) is 6.08 Å². The Bertz CT molecular complexity index is 938. The molecule has 3 aromatic rings. The lowest BCUT2D eigenvalue weighted by atomic mass is 10.2. The molecule has 0 radical (unpaired) electrons. The van der Waals surface area contributed by atoms with Gasteiger partial charge in [-0.25, -0.2) is 0 Å². The molecule has 0 spiro atoms. The van der Waals surface area contributed by atoms with E-state index in [-0.39, 0.29) is 18.6 Å². The van der Waals surface area contributed by atoms with Crippen LogP contribution in [0.2, 0.25) is 0 Å². The fourth-order valence-corrected chi connectivity index (χ4v) is 2.28. The minimum atomic E-state index is -0.413. The number of rotatable bonds is 6. The molecule has 1 N–H and O–H groups in total. The van der Waals surface area contributed by atoms with E-state index < -0.39 is 5.91 Å². The summed E-state index contributed by atoms with van der Waals surface area (Å²) >= 11 is 0. The zero-order valence-corrected chi connectivity index (χ0v) is 14.9. The number of hydrogen-bond acceptors (Lipinski definition) is 6. The molecule has 1 heterocycles. The Hall–Kier alpha value is -3.68. The van der Waals surface area contributed by atoms with Crippen molar-refractivity contribution in [3.05, 3.63) is 60.2 Å². The highest BCUT2D eigenvalue weighted by molar-refractivity contribution is 5.97. The van der Waals surface area contributed by atoms with Crippen LogP contribution in [0.4, 0.5) is 5.69 Å². The maximum Gasteiger partial charge on any atom is 0.415 e. The summed E-state index contributed by atoms with van der Waals surface area (Å²) in [6.07, 6.45) is -0.0967. The predicted molar refractivity (Wildman–Crippen MR) is 98.3 cm³/mol. The van der Waals surface area contributed by atoms with Crippen LogP contribution in [0.25, 0.3) is 11.5 Å². The first-order valence-electron chi connectivity index (χ1n) is 8.16. The summed E-state index contributed by atoms with van der Waals surface area (Å²) in [6.45, 7) is -0.303. The van der Waals surface area contributed by atoms with Gasteiger partial charge in [0.1, 0.15) is 0 Å². The lowest BCUT2D eigenvalue weighted by Crippen LogP contribution is -2.23. The summed E-state index contributed by atoms with van der Waals surface area (Å²) in [6, 6.07) is 15.9. The van der Waals surface area contributed by atoms with Crippen LogP contribution in [0, 0.1) is 0 Å². The molecule has 0 atom stereocenters. The van der Waals surface area contributed by atoms with Crippen molar-refractivity contribution in [2.24, 2.45) is 0 Å². The molecule has 0 aliphatic heterocycles. The largest absolute Gasteiger partial charge is 0.439 e. The van der Waals surface area contributed by atoms with Crippen molar-refractivity contribution in [1.29, 1.82) is 0 Å². The van der Waals surface area contributed by atoms with Crippen molar-refractivity contribution in [2.45, 2.75) is 0 Å². The van der Waals surface area contributed by atoms with Crippen molar-refractivity contribution < 1.29 is 18.7 Å². The molecule has 0 bridgehead atoms. The topological polar surface area (TPSA) is 97.6 Å². The van der Waals surface area contributed by atoms with Gasteiger partial charge in [-0.15, -0.1) is 5.10 Å². The minimum absolute atomic E-state index is 0.0967. The third-order valence-corrected chi connectivity index (χ3v) is 3.55. The van der Waals surface area contributed by atoms with Crippen molar-refractivity contribution >= 4 is 17.5 Å². The number of aromatic nitrogens is 2. The average molecular weight is 366 g/mol. The predicted octanol–water partition coefficient (Wildman–Crippen LogP) is 2.46. The van der Waals surface area contributed by atoms with Gasteiger partial charge in [0.2, 0.25) is 0 Å². The lowest BCUT2D eigenvalue weighted by molar-refractivity contribution is -0.118. The number of amides is 2. The van der Waals surface area contributed by atoms with E-state index >= 15 is 0 Å². The standard InChI is InChI=1S/C19H18N4O4/c1-23(2)18(25)14-9-6-10-15(11-14)20-16(24)12-26-19-22-21-17(27-19)13-7-4-3-5-8-13/h3-11H,12H2,1-2H3,(H,20,24). The highest BCUT2D eigenvalue weighted by Gasteiger charge is 2.12. The molecule has 0 aliphatic carbocycles. The van der Waals surface area contributed by atoms with Gasteiger partial charge < -0.3 is 19.4 Å². The molecule has 0 fully saturated rings. The van der Waals surface area contributed by atoms with E-state index in [0.29, 0.717) is 17.1 Å². The van der Waals surface area contributed by atoms with E-state index in [4.69, 9.17) is 9.15 Å². The normalized spacial score (nSPS) is 10.3. The molecular formula is C19H18N4O4. The van der Waals surface area contributed by atoms with E-state index in [1.807, 2.05) is 30.3 Å². The Morgan fingerprint density at radius 1 is 1.07 bits per heavy atom. The number of hydrogen-bond donors (Lipinski definition) is 1. The summed E-state index contributed by atoms with van der Waals surface area (Å²) in [5.74, 6) is -0.258. The SMILES string of the molecule is CN(C)C(=O)c1cccc(NC(=O)COc2nnc(-c3ccccc3)o2)c1. The van der Waals surface area contributed by atoms with Gasteiger partial charge in [-0.2, -0.15) is 0 Å². The molecule has 1 aromatic heterocycles. The van der Waals surface area contributed by atoms with Gasteiger partial charge in [0.05, 0.1) is 0 Å². The zero-order chi connectivity index (χ0) is 19.2. The van der Waals surface area contributed by atoms with E-state index in [9.17, 15) is 9.59 Å². The Morgan fingerprint density at radius 2 is 1.85 bits per heavy atom. The number of carbonyl (C=O) groups is 2. The van der Waals surface area contributed by atoms with Crippen LogP contribution in [-0.4, -0.2) is 47.6 Å². The fourth-order valence-electron chi connectivity index (χ4n) is 2.28. The van der Waals surface area contributed by atoms with Gasteiger partial charge in [0, 0.05) is 30.9 Å². The van der Waals surface area contributed by atoms with E-state index in [0.717, 1.165) is 5.56 Å². The van der Waals surface area contributed by atoms with Crippen LogP contribution in [0.1, 0.15) is 10.4 Å². The van der Waals surface area contributed by atoms with Crippen molar-refractivity contribution in [3.8, 4) is 17.5 Å². The molecule has 0 unspecified atom stereocenters. The highest BCUT2D eigenvalue weighted by Crippen LogP contribution is 2.20. The third kappa shape index (κ3) is 4.69. The summed E-state index contributed by atoms with van der Waals surface area (Å²) in [5, 5.41) is 10.3. The number of anilines is 1. The Morgan fingerprint density at radius 3 is 2.59 bits per heavy atom. The second-order valence-electron chi connectivity index (χ2n) is 5.86. The van der Waals surface area contributed by atoms with Crippen molar-refractivity contribution in [1.82, 2.24) is 15.1 Å². The first-order chi connectivity index (χ1) is 13.0. The molecule has 0 aliphatic rings. The minimum Gasteiger partial charge on any atom is -0.439 e. The summed E-state index contributed by atoms with van der Waals surface area (Å²) in [5.41, 5.74) is 1.72. The van der Waals surface area contributed by atoms with Crippen LogP contribution >= 0.6 is 0 Å². The second-order valence-corrected chi connectivity index (χ2v) is 5.86.